The van der Waals surface area contributed by atoms with Crippen LogP contribution >= 0.6 is 0 Å². The highest BCUT2D eigenvalue weighted by Gasteiger charge is 2.05. The molecule has 0 unspecified atom stereocenters. The minimum Gasteiger partial charge on any atom is -0.391 e. The van der Waals surface area contributed by atoms with Crippen LogP contribution in [0.2, 0.25) is 0 Å². The van der Waals surface area contributed by atoms with Crippen molar-refractivity contribution in [2.24, 2.45) is 0 Å². The summed E-state index contributed by atoms with van der Waals surface area (Å²) in [5.74, 6) is 0.189. The van der Waals surface area contributed by atoms with E-state index in [9.17, 15) is 9.50 Å². The molecule has 1 aromatic heterocycles. The largest absolute Gasteiger partial charge is 0.391 e. The van der Waals surface area contributed by atoms with Crippen LogP contribution in [0.15, 0.2) is 48.7 Å². The number of hydrogen-bond acceptors (Lipinski definition) is 3. The fourth-order valence-corrected chi connectivity index (χ4v) is 1.66. The molecule has 1 aromatic carbocycles. The average molecular weight is 246 g/mol. The van der Waals surface area contributed by atoms with Gasteiger partial charge in [0, 0.05) is 13.0 Å². The molecule has 1 atom stereocenters. The summed E-state index contributed by atoms with van der Waals surface area (Å²) in [4.78, 5) is 3.86. The van der Waals surface area contributed by atoms with Gasteiger partial charge in [0.15, 0.2) is 0 Å². The third kappa shape index (κ3) is 3.82. The van der Waals surface area contributed by atoms with Crippen molar-refractivity contribution in [1.29, 1.82) is 0 Å². The zero-order valence-corrected chi connectivity index (χ0v) is 9.88. The lowest BCUT2D eigenvalue weighted by Crippen LogP contribution is -2.22. The fourth-order valence-electron chi connectivity index (χ4n) is 1.66. The average Bonchev–Trinajstić information content (AvgIpc) is 2.39. The van der Waals surface area contributed by atoms with Crippen LogP contribution in [0.1, 0.15) is 5.56 Å². The summed E-state index contributed by atoms with van der Waals surface area (Å²) in [6.07, 6.45) is 1.22. The van der Waals surface area contributed by atoms with Crippen LogP contribution in [-0.2, 0) is 6.42 Å². The first-order valence-electron chi connectivity index (χ1n) is 5.81. The first kappa shape index (κ1) is 12.5. The molecule has 3 nitrogen and oxygen atoms in total. The number of benzene rings is 1. The van der Waals surface area contributed by atoms with Gasteiger partial charge in [-0.25, -0.2) is 9.37 Å². The van der Waals surface area contributed by atoms with E-state index in [4.69, 9.17) is 0 Å². The highest BCUT2D eigenvalue weighted by atomic mass is 19.1. The molecule has 0 saturated carbocycles. The molecule has 94 valence electrons. The summed E-state index contributed by atoms with van der Waals surface area (Å²) < 4.78 is 12.6. The van der Waals surface area contributed by atoms with E-state index in [1.165, 1.54) is 6.07 Å². The maximum Gasteiger partial charge on any atom is 0.141 e. The Morgan fingerprint density at radius 1 is 1.17 bits per heavy atom. The van der Waals surface area contributed by atoms with E-state index >= 15 is 0 Å². The van der Waals surface area contributed by atoms with Gasteiger partial charge in [-0.3, -0.25) is 0 Å². The normalized spacial score (nSPS) is 12.1. The number of rotatable bonds is 5. The van der Waals surface area contributed by atoms with Crippen LogP contribution in [0, 0.1) is 5.82 Å². The molecule has 0 bridgehead atoms. The van der Waals surface area contributed by atoms with Gasteiger partial charge in [0.05, 0.1) is 12.3 Å². The van der Waals surface area contributed by atoms with Crippen molar-refractivity contribution in [3.05, 3.63) is 60.0 Å². The molecular formula is C14H15FN2O. The number of aliphatic hydroxyl groups excluding tert-OH is 1. The summed E-state index contributed by atoms with van der Waals surface area (Å²) in [7, 11) is 0. The number of hydrogen-bond donors (Lipinski definition) is 2. The fraction of sp³-hybridized carbons (Fsp3) is 0.214. The number of aliphatic hydroxyl groups is 1. The monoisotopic (exact) mass is 246 g/mol. The van der Waals surface area contributed by atoms with Crippen molar-refractivity contribution in [2.45, 2.75) is 12.5 Å². The number of anilines is 1. The molecule has 1 heterocycles. The Balaban J connectivity index is 1.81. The van der Waals surface area contributed by atoms with E-state index < -0.39 is 6.10 Å². The highest BCUT2D eigenvalue weighted by molar-refractivity contribution is 5.33. The van der Waals surface area contributed by atoms with Gasteiger partial charge in [-0.1, -0.05) is 30.3 Å². The molecule has 0 aliphatic rings. The summed E-state index contributed by atoms with van der Waals surface area (Å²) >= 11 is 0. The molecule has 2 rings (SSSR count). The Morgan fingerprint density at radius 3 is 2.61 bits per heavy atom. The number of nitrogens with zero attached hydrogens (tertiary/aromatic N) is 1. The van der Waals surface area contributed by atoms with Gasteiger partial charge in [-0.05, 0) is 17.7 Å². The first-order valence-corrected chi connectivity index (χ1v) is 5.81. The minimum absolute atomic E-state index is 0.370. The smallest absolute Gasteiger partial charge is 0.141 e. The molecule has 0 amide bonds. The zero-order chi connectivity index (χ0) is 12.8. The Morgan fingerprint density at radius 2 is 1.94 bits per heavy atom. The minimum atomic E-state index is -0.501. The molecule has 0 aliphatic heterocycles. The van der Waals surface area contributed by atoms with Gasteiger partial charge in [0.25, 0.3) is 0 Å². The predicted molar refractivity (Wildman–Crippen MR) is 68.8 cm³/mol. The van der Waals surface area contributed by atoms with Crippen LogP contribution in [0.3, 0.4) is 0 Å². The number of aromatic nitrogens is 1. The summed E-state index contributed by atoms with van der Waals surface area (Å²) in [6, 6.07) is 12.6. The van der Waals surface area contributed by atoms with Crippen LogP contribution in [0.5, 0.6) is 0 Å². The molecule has 0 saturated heterocycles. The Kier molecular flexibility index (Phi) is 4.25. The predicted octanol–water partition coefficient (Wildman–Crippen LogP) is 2.24. The van der Waals surface area contributed by atoms with Gasteiger partial charge in [-0.15, -0.1) is 0 Å². The second-order valence-electron chi connectivity index (χ2n) is 4.09. The van der Waals surface area contributed by atoms with Crippen molar-refractivity contribution in [3.8, 4) is 0 Å². The molecule has 0 fully saturated rings. The van der Waals surface area contributed by atoms with Crippen molar-refractivity contribution in [3.63, 3.8) is 0 Å². The first-order chi connectivity index (χ1) is 8.74. The number of nitrogens with one attached hydrogen (secondary N) is 1. The van der Waals surface area contributed by atoms with Crippen molar-refractivity contribution < 1.29 is 9.50 Å². The van der Waals surface area contributed by atoms with E-state index in [1.54, 1.807) is 6.07 Å². The summed E-state index contributed by atoms with van der Waals surface area (Å²) in [5.41, 5.74) is 1.08. The third-order valence-electron chi connectivity index (χ3n) is 2.56. The Bertz CT molecular complexity index is 473. The van der Waals surface area contributed by atoms with Crippen LogP contribution < -0.4 is 5.32 Å². The molecule has 2 N–H and O–H groups in total. The van der Waals surface area contributed by atoms with Gasteiger partial charge in [-0.2, -0.15) is 0 Å². The Hall–Kier alpha value is -1.94. The Labute approximate surface area is 105 Å². The van der Waals surface area contributed by atoms with Crippen molar-refractivity contribution in [1.82, 2.24) is 4.98 Å². The molecule has 4 heteroatoms. The summed E-state index contributed by atoms with van der Waals surface area (Å²) in [6.45, 7) is 0.382. The van der Waals surface area contributed by atoms with E-state index in [0.717, 1.165) is 11.8 Å². The van der Waals surface area contributed by atoms with Crippen LogP contribution in [0.25, 0.3) is 0 Å². The maximum absolute atomic E-state index is 12.6. The zero-order valence-electron chi connectivity index (χ0n) is 9.88. The molecule has 18 heavy (non-hydrogen) atoms. The number of pyridine rings is 1. The molecule has 0 radical (unpaired) electrons. The maximum atomic E-state index is 12.6. The van der Waals surface area contributed by atoms with Crippen molar-refractivity contribution >= 4 is 5.82 Å². The second kappa shape index (κ2) is 6.12. The van der Waals surface area contributed by atoms with E-state index in [2.05, 4.69) is 10.3 Å². The molecule has 2 aromatic rings. The van der Waals surface area contributed by atoms with Gasteiger partial charge < -0.3 is 10.4 Å². The second-order valence-corrected chi connectivity index (χ2v) is 4.09. The lowest BCUT2D eigenvalue weighted by Gasteiger charge is -2.12. The third-order valence-corrected chi connectivity index (χ3v) is 2.56. The van der Waals surface area contributed by atoms with Crippen LogP contribution in [-0.4, -0.2) is 22.7 Å². The standard InChI is InChI=1S/C14H15FN2O/c15-12-6-7-14(16-9-12)17-10-13(18)8-11-4-2-1-3-5-11/h1-7,9,13,18H,8,10H2,(H,16,17)/t13-/m0/s1. The lowest BCUT2D eigenvalue weighted by atomic mass is 10.1. The SMILES string of the molecule is O[C@H](CNc1ccc(F)cn1)Cc1ccccc1. The number of halogens is 1. The highest BCUT2D eigenvalue weighted by Crippen LogP contribution is 2.06. The summed E-state index contributed by atoms with van der Waals surface area (Å²) in [5, 5.41) is 12.8. The molecular weight excluding hydrogens is 231 g/mol. The van der Waals surface area contributed by atoms with Gasteiger partial charge in [0.2, 0.25) is 0 Å². The van der Waals surface area contributed by atoms with E-state index in [0.29, 0.717) is 18.8 Å². The van der Waals surface area contributed by atoms with E-state index in [1.807, 2.05) is 30.3 Å². The topological polar surface area (TPSA) is 45.1 Å². The van der Waals surface area contributed by atoms with Gasteiger partial charge >= 0.3 is 0 Å². The lowest BCUT2D eigenvalue weighted by molar-refractivity contribution is 0.188. The van der Waals surface area contributed by atoms with E-state index in [-0.39, 0.29) is 5.82 Å². The van der Waals surface area contributed by atoms with Crippen LogP contribution in [0.4, 0.5) is 10.2 Å². The quantitative estimate of drug-likeness (QED) is 0.850. The molecule has 0 aliphatic carbocycles. The van der Waals surface area contributed by atoms with Gasteiger partial charge in [0.1, 0.15) is 11.6 Å². The van der Waals surface area contributed by atoms with Crippen molar-refractivity contribution in [2.75, 3.05) is 11.9 Å². The molecule has 0 spiro atoms.